The summed E-state index contributed by atoms with van der Waals surface area (Å²) in [6.07, 6.45) is 2.09. The molecule has 3 rings (SSSR count). The van der Waals surface area contributed by atoms with E-state index in [2.05, 4.69) is 10.5 Å². The average molecular weight is 324 g/mol. The van der Waals surface area contributed by atoms with E-state index in [1.165, 1.54) is 6.07 Å². The lowest BCUT2D eigenvalue weighted by Crippen LogP contribution is -2.48. The zero-order valence-electron chi connectivity index (χ0n) is 12.4. The van der Waals surface area contributed by atoms with Crippen LogP contribution >= 0.6 is 0 Å². The Kier molecular flexibility index (Phi) is 4.02. The van der Waals surface area contributed by atoms with E-state index >= 15 is 0 Å². The number of benzene rings is 1. The molecular formula is C16H12N4O4. The van der Waals surface area contributed by atoms with Gasteiger partial charge in [0.1, 0.15) is 6.54 Å². The van der Waals surface area contributed by atoms with Crippen molar-refractivity contribution < 1.29 is 14.4 Å². The SMILES string of the molecule is O=C(Cn1nc(-c2ccccc2)ccc1=O)NN1C(=O)C=CC1=O. The number of nitrogens with zero attached hydrogens (tertiary/aromatic N) is 3. The van der Waals surface area contributed by atoms with Crippen LogP contribution in [0, 0.1) is 0 Å². The first kappa shape index (κ1) is 15.3. The van der Waals surface area contributed by atoms with Crippen LogP contribution in [-0.2, 0) is 20.9 Å². The van der Waals surface area contributed by atoms with Crippen molar-refractivity contribution in [3.05, 3.63) is 65.0 Å². The smallest absolute Gasteiger partial charge is 0.271 e. The number of imide groups is 1. The minimum atomic E-state index is -0.708. The van der Waals surface area contributed by atoms with Crippen LogP contribution in [0.4, 0.5) is 0 Å². The molecule has 120 valence electrons. The molecule has 1 aliphatic heterocycles. The Labute approximate surface area is 136 Å². The fourth-order valence-corrected chi connectivity index (χ4v) is 2.13. The van der Waals surface area contributed by atoms with Crippen LogP contribution in [0.3, 0.4) is 0 Å². The van der Waals surface area contributed by atoms with E-state index in [0.29, 0.717) is 10.7 Å². The van der Waals surface area contributed by atoms with Gasteiger partial charge in [0.05, 0.1) is 5.69 Å². The van der Waals surface area contributed by atoms with Crippen molar-refractivity contribution >= 4 is 17.7 Å². The number of hydrogen-bond donors (Lipinski definition) is 1. The lowest BCUT2D eigenvalue weighted by Gasteiger charge is -2.15. The van der Waals surface area contributed by atoms with E-state index in [1.807, 2.05) is 30.3 Å². The third-order valence-corrected chi connectivity index (χ3v) is 3.28. The molecule has 0 bridgehead atoms. The third kappa shape index (κ3) is 3.12. The second kappa shape index (κ2) is 6.29. The molecule has 8 heteroatoms. The quantitative estimate of drug-likeness (QED) is 0.789. The largest absolute Gasteiger partial charge is 0.272 e. The van der Waals surface area contributed by atoms with Gasteiger partial charge in [0.2, 0.25) is 0 Å². The molecule has 0 fully saturated rings. The molecule has 1 aromatic carbocycles. The lowest BCUT2D eigenvalue weighted by atomic mass is 10.1. The Morgan fingerprint density at radius 1 is 0.958 bits per heavy atom. The summed E-state index contributed by atoms with van der Waals surface area (Å²) in [7, 11) is 0. The van der Waals surface area contributed by atoms with Crippen molar-refractivity contribution in [2.24, 2.45) is 0 Å². The summed E-state index contributed by atoms with van der Waals surface area (Å²) in [5, 5.41) is 4.71. The number of hydrogen-bond acceptors (Lipinski definition) is 5. The van der Waals surface area contributed by atoms with Gasteiger partial charge in [-0.3, -0.25) is 24.6 Å². The molecular weight excluding hydrogens is 312 g/mol. The predicted octanol–water partition coefficient (Wildman–Crippen LogP) is -0.134. The van der Waals surface area contributed by atoms with Crippen LogP contribution in [-0.4, -0.2) is 32.5 Å². The molecule has 2 heterocycles. The van der Waals surface area contributed by atoms with E-state index in [0.717, 1.165) is 22.4 Å². The molecule has 1 N–H and O–H groups in total. The molecule has 0 atom stereocenters. The van der Waals surface area contributed by atoms with Crippen molar-refractivity contribution in [2.75, 3.05) is 0 Å². The number of hydrazine groups is 1. The van der Waals surface area contributed by atoms with Gasteiger partial charge in [-0.2, -0.15) is 10.1 Å². The Hall–Kier alpha value is -3.55. The fraction of sp³-hybridized carbons (Fsp3) is 0.0625. The maximum atomic E-state index is 12.0. The number of nitrogens with one attached hydrogen (secondary N) is 1. The van der Waals surface area contributed by atoms with Crippen LogP contribution in [0.1, 0.15) is 0 Å². The highest BCUT2D eigenvalue weighted by Gasteiger charge is 2.25. The monoisotopic (exact) mass is 324 g/mol. The van der Waals surface area contributed by atoms with E-state index in [9.17, 15) is 19.2 Å². The topological polar surface area (TPSA) is 101 Å². The van der Waals surface area contributed by atoms with Gasteiger partial charge < -0.3 is 0 Å². The van der Waals surface area contributed by atoms with Gasteiger partial charge in [0.25, 0.3) is 23.3 Å². The normalized spacial score (nSPS) is 13.4. The van der Waals surface area contributed by atoms with Crippen LogP contribution in [0.25, 0.3) is 11.3 Å². The number of amides is 3. The van der Waals surface area contributed by atoms with Crippen LogP contribution in [0.2, 0.25) is 0 Å². The molecule has 0 saturated carbocycles. The number of carbonyl (C=O) groups is 3. The summed E-state index contributed by atoms with van der Waals surface area (Å²) >= 11 is 0. The fourth-order valence-electron chi connectivity index (χ4n) is 2.13. The molecule has 2 aromatic rings. The minimum Gasteiger partial charge on any atom is -0.271 e. The van der Waals surface area contributed by atoms with E-state index in [1.54, 1.807) is 6.07 Å². The third-order valence-electron chi connectivity index (χ3n) is 3.28. The molecule has 1 aromatic heterocycles. The second-order valence-corrected chi connectivity index (χ2v) is 4.96. The van der Waals surface area contributed by atoms with E-state index < -0.39 is 29.8 Å². The van der Waals surface area contributed by atoms with Crippen LogP contribution in [0.5, 0.6) is 0 Å². The number of carbonyl (C=O) groups excluding carboxylic acids is 3. The highest BCUT2D eigenvalue weighted by Crippen LogP contribution is 2.13. The Morgan fingerprint density at radius 3 is 2.29 bits per heavy atom. The zero-order valence-corrected chi connectivity index (χ0v) is 12.4. The van der Waals surface area contributed by atoms with E-state index in [4.69, 9.17) is 0 Å². The standard InChI is InChI=1S/C16H12N4O4/c21-13(18-20-15(23)8-9-16(20)24)10-19-14(22)7-6-12(17-19)11-4-2-1-3-5-11/h1-9H,10H2,(H,18,21). The lowest BCUT2D eigenvalue weighted by molar-refractivity contribution is -0.146. The van der Waals surface area contributed by atoms with Crippen LogP contribution in [0.15, 0.2) is 59.4 Å². The minimum absolute atomic E-state index is 0.420. The molecule has 0 radical (unpaired) electrons. The second-order valence-electron chi connectivity index (χ2n) is 4.96. The average Bonchev–Trinajstić information content (AvgIpc) is 2.89. The molecule has 0 spiro atoms. The molecule has 8 nitrogen and oxygen atoms in total. The van der Waals surface area contributed by atoms with Gasteiger partial charge in [-0.15, -0.1) is 0 Å². The maximum absolute atomic E-state index is 12.0. The van der Waals surface area contributed by atoms with E-state index in [-0.39, 0.29) is 0 Å². The van der Waals surface area contributed by atoms with Gasteiger partial charge in [0.15, 0.2) is 0 Å². The first-order chi connectivity index (χ1) is 11.5. The van der Waals surface area contributed by atoms with Gasteiger partial charge in [-0.1, -0.05) is 30.3 Å². The summed E-state index contributed by atoms with van der Waals surface area (Å²) < 4.78 is 0.968. The number of rotatable bonds is 4. The number of aromatic nitrogens is 2. The first-order valence-corrected chi connectivity index (χ1v) is 7.04. The van der Waals surface area contributed by atoms with Crippen LogP contribution < -0.4 is 11.0 Å². The molecule has 1 aliphatic rings. The molecule has 3 amide bonds. The summed E-state index contributed by atoms with van der Waals surface area (Å²) in [5.74, 6) is -2.00. The van der Waals surface area contributed by atoms with Crippen molar-refractivity contribution in [3.63, 3.8) is 0 Å². The molecule has 0 aliphatic carbocycles. The van der Waals surface area contributed by atoms with Gasteiger partial charge in [-0.25, -0.2) is 4.68 Å². The summed E-state index contributed by atoms with van der Waals surface area (Å²) in [5.41, 5.74) is 2.99. The maximum Gasteiger partial charge on any atom is 0.272 e. The van der Waals surface area contributed by atoms with Crippen molar-refractivity contribution in [3.8, 4) is 11.3 Å². The van der Waals surface area contributed by atoms with Crippen molar-refractivity contribution in [1.29, 1.82) is 0 Å². The Morgan fingerprint density at radius 2 is 1.62 bits per heavy atom. The Balaban J connectivity index is 1.77. The van der Waals surface area contributed by atoms with Gasteiger partial charge in [-0.05, 0) is 6.07 Å². The molecule has 0 unspecified atom stereocenters. The summed E-state index contributed by atoms with van der Waals surface area (Å²) in [4.78, 5) is 46.6. The first-order valence-electron chi connectivity index (χ1n) is 7.04. The predicted molar refractivity (Wildman–Crippen MR) is 83.1 cm³/mol. The highest BCUT2D eigenvalue weighted by atomic mass is 16.2. The summed E-state index contributed by atoms with van der Waals surface area (Å²) in [6.45, 7) is -0.420. The molecule has 0 saturated heterocycles. The Bertz CT molecular complexity index is 884. The highest BCUT2D eigenvalue weighted by molar-refractivity contribution is 6.13. The zero-order chi connectivity index (χ0) is 17.1. The molecule has 24 heavy (non-hydrogen) atoms. The van der Waals surface area contributed by atoms with Gasteiger partial charge in [0, 0.05) is 23.8 Å². The summed E-state index contributed by atoms with van der Waals surface area (Å²) in [6, 6.07) is 12.0. The van der Waals surface area contributed by atoms with Crippen molar-refractivity contribution in [2.45, 2.75) is 6.54 Å². The van der Waals surface area contributed by atoms with Crippen molar-refractivity contribution in [1.82, 2.24) is 20.2 Å². The van der Waals surface area contributed by atoms with Gasteiger partial charge >= 0.3 is 0 Å².